The number of piperazine rings is 2. The summed E-state index contributed by atoms with van der Waals surface area (Å²) in [6.45, 7) is 15.2. The van der Waals surface area contributed by atoms with Crippen LogP contribution in [-0.4, -0.2) is 123 Å². The number of ether oxygens (including phenoxy) is 2. The van der Waals surface area contributed by atoms with Crippen LogP contribution >= 0.6 is 39.5 Å². The Morgan fingerprint density at radius 3 is 1.83 bits per heavy atom. The third-order valence-corrected chi connectivity index (χ3v) is 9.75. The molecule has 2 fully saturated rings. The maximum atomic E-state index is 12.4. The van der Waals surface area contributed by atoms with Gasteiger partial charge in [-0.15, -0.1) is 11.3 Å². The third kappa shape index (κ3) is 13.8. The van der Waals surface area contributed by atoms with Crippen LogP contribution in [0, 0.1) is 0 Å². The summed E-state index contributed by atoms with van der Waals surface area (Å²) in [4.78, 5) is 48.3. The fourth-order valence-electron chi connectivity index (χ4n) is 5.19. The summed E-state index contributed by atoms with van der Waals surface area (Å²) in [6, 6.07) is 19.4. The molecule has 52 heavy (non-hydrogen) atoms. The van der Waals surface area contributed by atoms with Crippen molar-refractivity contribution in [2.24, 2.45) is 5.73 Å². The maximum Gasteiger partial charge on any atom is 0.410 e. The highest BCUT2D eigenvalue weighted by atomic mass is 79.9. The van der Waals surface area contributed by atoms with Crippen LogP contribution in [0.25, 0.3) is 11.3 Å². The van der Waals surface area contributed by atoms with E-state index in [1.165, 1.54) is 0 Å². The predicted octanol–water partition coefficient (Wildman–Crippen LogP) is 7.12. The monoisotopic (exact) mass is 816 g/mol. The second-order valence-electron chi connectivity index (χ2n) is 14.6. The number of carbonyl (C=O) groups excluding carboxylic acids is 3. The Labute approximate surface area is 326 Å². The van der Waals surface area contributed by atoms with E-state index in [-0.39, 0.29) is 30.1 Å². The van der Waals surface area contributed by atoms with E-state index in [1.807, 2.05) is 97.1 Å². The lowest BCUT2D eigenvalue weighted by Crippen LogP contribution is -2.58. The van der Waals surface area contributed by atoms with Gasteiger partial charge < -0.3 is 25.0 Å². The second kappa shape index (κ2) is 19.6. The highest BCUT2D eigenvalue weighted by Gasteiger charge is 2.33. The number of nitrogens with zero attached hydrogens (tertiary/aromatic N) is 5. The largest absolute Gasteiger partial charge is 0.444 e. The molecule has 284 valence electrons. The van der Waals surface area contributed by atoms with Crippen molar-refractivity contribution in [3.05, 3.63) is 76.6 Å². The van der Waals surface area contributed by atoms with E-state index in [9.17, 15) is 14.4 Å². The first-order chi connectivity index (χ1) is 24.4. The third-order valence-electron chi connectivity index (χ3n) is 8.02. The number of hydrogen-bond acceptors (Lipinski definition) is 10. The molecular weight excluding hydrogens is 764 g/mol. The number of alkyl halides is 1. The fourth-order valence-corrected chi connectivity index (χ4v) is 6.75. The summed E-state index contributed by atoms with van der Waals surface area (Å²) in [5, 5.41) is 3.52. The van der Waals surface area contributed by atoms with Crippen molar-refractivity contribution in [3.63, 3.8) is 0 Å². The quantitative estimate of drug-likeness (QED) is 0.162. The minimum Gasteiger partial charge on any atom is -0.444 e. The standard InChI is InChI=1S/C19H25N3O2S.C11H21N3O2S.C8H7BrO/c1-19(2,3)24-18(23)22-11-10-21(4)16(12-22)17-20-15(13-25-17)14-8-6-5-7-9-14;1-11(2,3)16-10(15)14-6-5-13(4)8(7-14)9(12)17;9-6-8(10)7-4-2-1-3-5-7/h5-9,13,16H,10-12H2,1-4H3;8H,5-7H2,1-4H3,(H2,12,17);1-5H,6H2. The molecule has 0 spiro atoms. The Hall–Kier alpha value is -3.43. The zero-order valence-electron chi connectivity index (χ0n) is 31.5. The number of hydrogen-bond donors (Lipinski definition) is 1. The first kappa shape index (κ1) is 43.0. The SMILES string of the molecule is CN1CCN(C(=O)OC(C)(C)C)CC1C(N)=S.CN1CCN(C(=O)OC(C)(C)C)CC1c1nc(-c2ccccc2)cs1.O=C(CBr)c1ccccc1. The van der Waals surface area contributed by atoms with Crippen LogP contribution in [-0.2, 0) is 9.47 Å². The summed E-state index contributed by atoms with van der Waals surface area (Å²) < 4.78 is 10.8. The van der Waals surface area contributed by atoms with Crippen LogP contribution < -0.4 is 5.73 Å². The average molecular weight is 818 g/mol. The van der Waals surface area contributed by atoms with Gasteiger partial charge in [0.2, 0.25) is 0 Å². The van der Waals surface area contributed by atoms with E-state index in [1.54, 1.807) is 21.1 Å². The predicted molar refractivity (Wildman–Crippen MR) is 216 cm³/mol. The number of carbonyl (C=O) groups is 3. The molecule has 2 aliphatic rings. The number of nitrogens with two attached hydrogens (primary N) is 1. The Morgan fingerprint density at radius 2 is 1.33 bits per heavy atom. The lowest BCUT2D eigenvalue weighted by atomic mass is 10.1. The lowest BCUT2D eigenvalue weighted by Gasteiger charge is -2.39. The molecule has 1 aromatic heterocycles. The molecule has 0 radical (unpaired) electrons. The number of likely N-dealkylation sites (N-methyl/N-ethyl adjacent to an activating group) is 2. The minimum absolute atomic E-state index is 0.0636. The summed E-state index contributed by atoms with van der Waals surface area (Å²) in [5.74, 6) is 0.126. The molecule has 2 aromatic carbocycles. The number of rotatable bonds is 5. The number of halogens is 1. The van der Waals surface area contributed by atoms with Crippen molar-refractivity contribution in [2.75, 3.05) is 58.7 Å². The topological polar surface area (TPSA) is 122 Å². The molecule has 0 aliphatic carbocycles. The van der Waals surface area contributed by atoms with Crippen LogP contribution in [0.2, 0.25) is 0 Å². The molecule has 5 rings (SSSR count). The Balaban J connectivity index is 0.000000233. The van der Waals surface area contributed by atoms with Gasteiger partial charge in [0.1, 0.15) is 16.2 Å². The molecule has 3 aromatic rings. The Bertz CT molecular complexity index is 1610. The van der Waals surface area contributed by atoms with Gasteiger partial charge in [-0.25, -0.2) is 14.6 Å². The number of ketones is 1. The van der Waals surface area contributed by atoms with Gasteiger partial charge in [-0.05, 0) is 55.6 Å². The smallest absolute Gasteiger partial charge is 0.410 e. The first-order valence-corrected chi connectivity index (χ1v) is 19.6. The van der Waals surface area contributed by atoms with Crippen LogP contribution in [0.5, 0.6) is 0 Å². The van der Waals surface area contributed by atoms with Crippen molar-refractivity contribution in [2.45, 2.75) is 64.8 Å². The summed E-state index contributed by atoms with van der Waals surface area (Å²) >= 11 is 9.75. The molecule has 2 unspecified atom stereocenters. The van der Waals surface area contributed by atoms with E-state index in [4.69, 9.17) is 32.4 Å². The van der Waals surface area contributed by atoms with Gasteiger partial charge >= 0.3 is 12.2 Å². The molecule has 2 atom stereocenters. The molecular formula is C38H53BrN6O5S2. The first-order valence-electron chi connectivity index (χ1n) is 17.2. The maximum absolute atomic E-state index is 12.4. The molecule has 3 heterocycles. The van der Waals surface area contributed by atoms with E-state index in [0.29, 0.717) is 36.5 Å². The van der Waals surface area contributed by atoms with Gasteiger partial charge in [0.05, 0.1) is 28.1 Å². The second-order valence-corrected chi connectivity index (χ2v) is 16.5. The lowest BCUT2D eigenvalue weighted by molar-refractivity contribution is 0.00723. The fraction of sp³-hybridized carbons (Fsp3) is 0.500. The van der Waals surface area contributed by atoms with Gasteiger partial charge in [0, 0.05) is 55.8 Å². The number of amides is 2. The van der Waals surface area contributed by atoms with E-state index < -0.39 is 11.2 Å². The van der Waals surface area contributed by atoms with Gasteiger partial charge in [-0.3, -0.25) is 14.6 Å². The summed E-state index contributed by atoms with van der Waals surface area (Å²) in [5.41, 5.74) is 7.58. The Kier molecular flexibility index (Phi) is 16.2. The molecule has 2 amide bonds. The van der Waals surface area contributed by atoms with Crippen molar-refractivity contribution < 1.29 is 23.9 Å². The zero-order valence-corrected chi connectivity index (χ0v) is 34.7. The van der Waals surface area contributed by atoms with E-state index in [2.05, 4.69) is 50.3 Å². The molecule has 14 heteroatoms. The van der Waals surface area contributed by atoms with E-state index >= 15 is 0 Å². The molecule has 2 saturated heterocycles. The average Bonchev–Trinajstić information content (AvgIpc) is 3.58. The van der Waals surface area contributed by atoms with Crippen molar-refractivity contribution in [1.82, 2.24) is 24.6 Å². The van der Waals surface area contributed by atoms with Crippen LogP contribution in [0.15, 0.2) is 66.0 Å². The molecule has 2 aliphatic heterocycles. The van der Waals surface area contributed by atoms with Gasteiger partial charge in [0.25, 0.3) is 0 Å². The van der Waals surface area contributed by atoms with Gasteiger partial charge in [0.15, 0.2) is 5.78 Å². The summed E-state index contributed by atoms with van der Waals surface area (Å²) in [6.07, 6.45) is -0.544. The molecule has 2 N–H and O–H groups in total. The van der Waals surface area contributed by atoms with Crippen LogP contribution in [0.3, 0.4) is 0 Å². The normalized spacial score (nSPS) is 18.2. The number of aromatic nitrogens is 1. The zero-order chi connectivity index (χ0) is 38.6. The van der Waals surface area contributed by atoms with Crippen LogP contribution in [0.4, 0.5) is 9.59 Å². The van der Waals surface area contributed by atoms with Gasteiger partial charge in [-0.2, -0.15) is 0 Å². The number of benzene rings is 2. The van der Waals surface area contributed by atoms with Crippen molar-refractivity contribution >= 4 is 62.4 Å². The summed E-state index contributed by atoms with van der Waals surface area (Å²) in [7, 11) is 4.04. The highest BCUT2D eigenvalue weighted by Crippen LogP contribution is 2.31. The minimum atomic E-state index is -0.475. The van der Waals surface area contributed by atoms with Crippen LogP contribution in [0.1, 0.15) is 62.9 Å². The number of Topliss-reactive ketones (excluding diaryl/α,β-unsaturated/α-hetero) is 1. The number of thiocarbonyl (C=S) groups is 1. The molecule has 0 saturated carbocycles. The Morgan fingerprint density at radius 1 is 0.827 bits per heavy atom. The van der Waals surface area contributed by atoms with Crippen molar-refractivity contribution in [1.29, 1.82) is 0 Å². The van der Waals surface area contributed by atoms with Gasteiger partial charge in [-0.1, -0.05) is 88.8 Å². The van der Waals surface area contributed by atoms with Crippen molar-refractivity contribution in [3.8, 4) is 11.3 Å². The molecule has 11 nitrogen and oxygen atoms in total. The number of thiazole rings is 1. The molecule has 0 bridgehead atoms. The van der Waals surface area contributed by atoms with E-state index in [0.717, 1.165) is 34.9 Å². The highest BCUT2D eigenvalue weighted by molar-refractivity contribution is 9.09.